The summed E-state index contributed by atoms with van der Waals surface area (Å²) < 4.78 is 39.1. The third kappa shape index (κ3) is 5.93. The molecule has 1 heterocycles. The number of halogens is 3. The number of amides is 2. The quantitative estimate of drug-likeness (QED) is 0.551. The number of benzene rings is 1. The molecule has 0 fully saturated rings. The second-order valence-corrected chi connectivity index (χ2v) is 7.24. The number of aromatic nitrogens is 2. The van der Waals surface area contributed by atoms with Gasteiger partial charge >= 0.3 is 6.18 Å². The van der Waals surface area contributed by atoms with Gasteiger partial charge in [-0.1, -0.05) is 23.9 Å². The predicted octanol–water partition coefficient (Wildman–Crippen LogP) is 3.17. The van der Waals surface area contributed by atoms with Crippen LogP contribution in [0.2, 0.25) is 0 Å². The number of thioether (sulfide) groups is 1. The topological polar surface area (TPSA) is 99.0 Å². The van der Waals surface area contributed by atoms with Gasteiger partial charge in [0.05, 0.1) is 29.2 Å². The number of para-hydroxylation sites is 1. The summed E-state index contributed by atoms with van der Waals surface area (Å²) in [5.41, 5.74) is -0.587. The van der Waals surface area contributed by atoms with Crippen molar-refractivity contribution in [2.45, 2.75) is 25.0 Å². The fourth-order valence-corrected chi connectivity index (χ4v) is 3.50. The van der Waals surface area contributed by atoms with Crippen LogP contribution in [0.4, 0.5) is 18.9 Å². The van der Waals surface area contributed by atoms with Gasteiger partial charge in [-0.15, -0.1) is 0 Å². The van der Waals surface area contributed by atoms with Crippen LogP contribution in [-0.4, -0.2) is 46.0 Å². The van der Waals surface area contributed by atoms with E-state index in [1.54, 1.807) is 13.8 Å². The summed E-state index contributed by atoms with van der Waals surface area (Å²) in [5, 5.41) is 11.8. The van der Waals surface area contributed by atoms with E-state index < -0.39 is 30.1 Å². The van der Waals surface area contributed by atoms with Crippen molar-refractivity contribution in [2.75, 3.05) is 24.7 Å². The molecule has 1 N–H and O–H groups in total. The number of carbonyl (C=O) groups is 2. The fourth-order valence-electron chi connectivity index (χ4n) is 2.49. The minimum absolute atomic E-state index is 0.104. The highest BCUT2D eigenvalue weighted by molar-refractivity contribution is 8.00. The molecule has 1 aromatic carbocycles. The molecule has 0 saturated carbocycles. The molecule has 0 saturated heterocycles. The van der Waals surface area contributed by atoms with Crippen LogP contribution in [-0.2, 0) is 15.8 Å². The molecule has 158 valence electrons. The first-order valence-corrected chi connectivity index (χ1v) is 9.59. The van der Waals surface area contributed by atoms with Crippen LogP contribution in [0.25, 0.3) is 0 Å². The monoisotopic (exact) mass is 437 g/mol. The number of nitriles is 1. The van der Waals surface area contributed by atoms with Crippen LogP contribution < -0.4 is 5.32 Å². The van der Waals surface area contributed by atoms with E-state index in [0.29, 0.717) is 16.5 Å². The Kier molecular flexibility index (Phi) is 7.39. The highest BCUT2D eigenvalue weighted by Crippen LogP contribution is 2.34. The molecular formula is C19H18F3N5O2S. The Bertz CT molecular complexity index is 1000. The molecule has 0 radical (unpaired) electrons. The molecule has 0 aliphatic rings. The van der Waals surface area contributed by atoms with Gasteiger partial charge in [0.25, 0.3) is 0 Å². The normalized spacial score (nSPS) is 11.0. The first-order chi connectivity index (χ1) is 14.0. The summed E-state index contributed by atoms with van der Waals surface area (Å²) in [4.78, 5) is 33.8. The van der Waals surface area contributed by atoms with Crippen molar-refractivity contribution in [3.05, 3.63) is 46.9 Å². The smallest absolute Gasteiger partial charge is 0.336 e. The molecule has 0 aliphatic carbocycles. The number of aryl methyl sites for hydroxylation is 2. The van der Waals surface area contributed by atoms with Gasteiger partial charge in [0, 0.05) is 7.05 Å². The largest absolute Gasteiger partial charge is 0.418 e. The molecule has 0 bridgehead atoms. The molecular weight excluding hydrogens is 419 g/mol. The number of anilines is 1. The van der Waals surface area contributed by atoms with E-state index in [2.05, 4.69) is 15.3 Å². The average molecular weight is 437 g/mol. The van der Waals surface area contributed by atoms with Crippen molar-refractivity contribution >= 4 is 29.3 Å². The number of likely N-dealkylation sites (N-methyl/N-ethyl adjacent to an activating group) is 1. The van der Waals surface area contributed by atoms with Gasteiger partial charge in [0.2, 0.25) is 11.8 Å². The second kappa shape index (κ2) is 9.58. The molecule has 1 aromatic heterocycles. The van der Waals surface area contributed by atoms with Crippen molar-refractivity contribution in [3.8, 4) is 6.07 Å². The summed E-state index contributed by atoms with van der Waals surface area (Å²) in [6, 6.07) is 6.58. The highest BCUT2D eigenvalue weighted by atomic mass is 32.2. The van der Waals surface area contributed by atoms with Crippen LogP contribution in [0.1, 0.15) is 22.6 Å². The summed E-state index contributed by atoms with van der Waals surface area (Å²) in [7, 11) is 1.36. The molecule has 7 nitrogen and oxygen atoms in total. The number of carbonyl (C=O) groups excluding carboxylic acids is 2. The number of nitrogens with one attached hydrogen (secondary N) is 1. The van der Waals surface area contributed by atoms with Crippen LogP contribution >= 0.6 is 11.8 Å². The zero-order valence-corrected chi connectivity index (χ0v) is 17.2. The van der Waals surface area contributed by atoms with Crippen molar-refractivity contribution in [1.82, 2.24) is 14.9 Å². The molecule has 2 rings (SSSR count). The fraction of sp³-hybridized carbons (Fsp3) is 0.316. The van der Waals surface area contributed by atoms with Crippen molar-refractivity contribution < 1.29 is 22.8 Å². The van der Waals surface area contributed by atoms with E-state index in [-0.39, 0.29) is 17.0 Å². The Morgan fingerprint density at radius 2 is 1.90 bits per heavy atom. The molecule has 0 unspecified atom stereocenters. The van der Waals surface area contributed by atoms with Gasteiger partial charge < -0.3 is 10.2 Å². The summed E-state index contributed by atoms with van der Waals surface area (Å²) in [6.45, 7) is 2.89. The summed E-state index contributed by atoms with van der Waals surface area (Å²) >= 11 is 1.03. The lowest BCUT2D eigenvalue weighted by Gasteiger charge is -2.18. The van der Waals surface area contributed by atoms with Gasteiger partial charge in [-0.05, 0) is 26.0 Å². The van der Waals surface area contributed by atoms with Crippen molar-refractivity contribution in [1.29, 1.82) is 5.26 Å². The van der Waals surface area contributed by atoms with E-state index in [9.17, 15) is 28.0 Å². The lowest BCUT2D eigenvalue weighted by molar-refractivity contribution is -0.137. The molecule has 0 atom stereocenters. The van der Waals surface area contributed by atoms with Crippen LogP contribution in [0.3, 0.4) is 0 Å². The molecule has 11 heteroatoms. The van der Waals surface area contributed by atoms with Crippen LogP contribution in [0.15, 0.2) is 29.3 Å². The highest BCUT2D eigenvalue weighted by Gasteiger charge is 2.33. The van der Waals surface area contributed by atoms with Gasteiger partial charge in [-0.3, -0.25) is 9.59 Å². The third-order valence-corrected chi connectivity index (χ3v) is 4.89. The van der Waals surface area contributed by atoms with Crippen molar-refractivity contribution in [3.63, 3.8) is 0 Å². The summed E-state index contributed by atoms with van der Waals surface area (Å²) in [5.74, 6) is -0.860. The number of rotatable bonds is 6. The first kappa shape index (κ1) is 23.2. The van der Waals surface area contributed by atoms with Crippen LogP contribution in [0, 0.1) is 25.2 Å². The Labute approximate surface area is 175 Å². The number of hydrogen-bond acceptors (Lipinski definition) is 6. The van der Waals surface area contributed by atoms with E-state index in [1.807, 2.05) is 6.07 Å². The van der Waals surface area contributed by atoms with Gasteiger partial charge in [0.15, 0.2) is 0 Å². The Hall–Kier alpha value is -3.13. The number of nitrogens with zero attached hydrogens (tertiary/aromatic N) is 4. The maximum atomic E-state index is 13.0. The number of hydrogen-bond donors (Lipinski definition) is 1. The van der Waals surface area contributed by atoms with E-state index in [1.165, 1.54) is 19.2 Å². The predicted molar refractivity (Wildman–Crippen MR) is 105 cm³/mol. The number of alkyl halides is 3. The Balaban J connectivity index is 1.99. The van der Waals surface area contributed by atoms with Gasteiger partial charge in [0.1, 0.15) is 22.5 Å². The molecule has 2 aromatic rings. The SMILES string of the molecule is Cc1nc(C)c(C#N)c(SCC(=O)N(C)CC(=O)Nc2ccccc2C(F)(F)F)n1. The second-order valence-electron chi connectivity index (χ2n) is 6.28. The maximum Gasteiger partial charge on any atom is 0.418 e. The third-order valence-electron chi connectivity index (χ3n) is 3.93. The van der Waals surface area contributed by atoms with E-state index in [0.717, 1.165) is 28.8 Å². The lowest BCUT2D eigenvalue weighted by atomic mass is 10.1. The maximum absolute atomic E-state index is 13.0. The van der Waals surface area contributed by atoms with Gasteiger partial charge in [-0.25, -0.2) is 9.97 Å². The zero-order chi connectivity index (χ0) is 22.5. The van der Waals surface area contributed by atoms with E-state index in [4.69, 9.17) is 0 Å². The van der Waals surface area contributed by atoms with Crippen molar-refractivity contribution in [2.24, 2.45) is 0 Å². The summed E-state index contributed by atoms with van der Waals surface area (Å²) in [6.07, 6.45) is -4.62. The van der Waals surface area contributed by atoms with Gasteiger partial charge in [-0.2, -0.15) is 18.4 Å². The minimum atomic E-state index is -4.62. The lowest BCUT2D eigenvalue weighted by Crippen LogP contribution is -2.36. The average Bonchev–Trinajstić information content (AvgIpc) is 2.65. The zero-order valence-electron chi connectivity index (χ0n) is 16.4. The molecule has 0 spiro atoms. The molecule has 2 amide bonds. The standard InChI is InChI=1S/C19H18F3N5O2S/c1-11-13(8-23)18(25-12(2)24-11)30-10-17(29)27(3)9-16(28)26-15-7-5-4-6-14(15)19(20,21)22/h4-7H,9-10H2,1-3H3,(H,26,28). The minimum Gasteiger partial charge on any atom is -0.336 e. The Morgan fingerprint density at radius 1 is 1.23 bits per heavy atom. The molecule has 0 aliphatic heterocycles. The van der Waals surface area contributed by atoms with Crippen LogP contribution in [0.5, 0.6) is 0 Å². The first-order valence-electron chi connectivity index (χ1n) is 8.61. The Morgan fingerprint density at radius 3 is 2.53 bits per heavy atom. The van der Waals surface area contributed by atoms with E-state index >= 15 is 0 Å². The molecule has 30 heavy (non-hydrogen) atoms.